The SMILES string of the molecule is CCN(Cc1cccs1)Cc1ccc(F)cc1C(=O)O. The van der Waals surface area contributed by atoms with Crippen LogP contribution in [0.15, 0.2) is 35.7 Å². The third-order valence-corrected chi connectivity index (χ3v) is 3.96. The van der Waals surface area contributed by atoms with Gasteiger partial charge in [-0.25, -0.2) is 9.18 Å². The van der Waals surface area contributed by atoms with E-state index in [1.807, 2.05) is 18.4 Å². The highest BCUT2D eigenvalue weighted by Gasteiger charge is 2.14. The van der Waals surface area contributed by atoms with E-state index >= 15 is 0 Å². The van der Waals surface area contributed by atoms with Gasteiger partial charge in [0.1, 0.15) is 5.82 Å². The molecule has 1 heterocycles. The average molecular weight is 293 g/mol. The van der Waals surface area contributed by atoms with Crippen LogP contribution in [0.5, 0.6) is 0 Å². The van der Waals surface area contributed by atoms with Crippen LogP contribution < -0.4 is 0 Å². The van der Waals surface area contributed by atoms with E-state index in [4.69, 9.17) is 5.11 Å². The van der Waals surface area contributed by atoms with Crippen LogP contribution in [-0.4, -0.2) is 22.5 Å². The zero-order valence-corrected chi connectivity index (χ0v) is 12.0. The van der Waals surface area contributed by atoms with Crippen molar-refractivity contribution in [3.8, 4) is 0 Å². The molecule has 106 valence electrons. The zero-order chi connectivity index (χ0) is 14.5. The number of carbonyl (C=O) groups is 1. The molecule has 1 aromatic heterocycles. The molecule has 2 aromatic rings. The summed E-state index contributed by atoms with van der Waals surface area (Å²) in [7, 11) is 0. The molecule has 0 fully saturated rings. The van der Waals surface area contributed by atoms with Crippen molar-refractivity contribution < 1.29 is 14.3 Å². The Morgan fingerprint density at radius 3 is 2.75 bits per heavy atom. The van der Waals surface area contributed by atoms with Crippen LogP contribution in [0.4, 0.5) is 4.39 Å². The smallest absolute Gasteiger partial charge is 0.336 e. The summed E-state index contributed by atoms with van der Waals surface area (Å²) in [5.74, 6) is -1.61. The maximum Gasteiger partial charge on any atom is 0.336 e. The van der Waals surface area contributed by atoms with Crippen LogP contribution in [0.25, 0.3) is 0 Å². The van der Waals surface area contributed by atoms with Gasteiger partial charge in [-0.15, -0.1) is 11.3 Å². The van der Waals surface area contributed by atoms with Gasteiger partial charge in [0.2, 0.25) is 0 Å². The lowest BCUT2D eigenvalue weighted by molar-refractivity contribution is 0.0694. The highest BCUT2D eigenvalue weighted by atomic mass is 32.1. The molecule has 5 heteroatoms. The molecule has 0 amide bonds. The number of nitrogens with zero attached hydrogens (tertiary/aromatic N) is 1. The predicted octanol–water partition coefficient (Wildman–Crippen LogP) is 3.61. The van der Waals surface area contributed by atoms with Gasteiger partial charge in [-0.1, -0.05) is 19.1 Å². The summed E-state index contributed by atoms with van der Waals surface area (Å²) in [5, 5.41) is 11.2. The van der Waals surface area contributed by atoms with Gasteiger partial charge in [0.05, 0.1) is 5.56 Å². The Hall–Kier alpha value is -1.72. The van der Waals surface area contributed by atoms with Crippen LogP contribution in [-0.2, 0) is 13.1 Å². The first-order chi connectivity index (χ1) is 9.60. The number of rotatable bonds is 6. The minimum absolute atomic E-state index is 0.0367. The van der Waals surface area contributed by atoms with Crippen LogP contribution >= 0.6 is 11.3 Å². The van der Waals surface area contributed by atoms with Gasteiger partial charge >= 0.3 is 5.97 Å². The van der Waals surface area contributed by atoms with Crippen molar-refractivity contribution in [1.82, 2.24) is 4.90 Å². The highest BCUT2D eigenvalue weighted by Crippen LogP contribution is 2.17. The molecular weight excluding hydrogens is 277 g/mol. The molecule has 1 aromatic carbocycles. The van der Waals surface area contributed by atoms with E-state index in [0.29, 0.717) is 12.1 Å². The number of halogens is 1. The summed E-state index contributed by atoms with van der Waals surface area (Å²) < 4.78 is 13.2. The molecule has 0 bridgehead atoms. The lowest BCUT2D eigenvalue weighted by atomic mass is 10.1. The van der Waals surface area contributed by atoms with E-state index in [1.54, 1.807) is 17.4 Å². The van der Waals surface area contributed by atoms with E-state index in [2.05, 4.69) is 11.0 Å². The summed E-state index contributed by atoms with van der Waals surface area (Å²) in [4.78, 5) is 14.5. The van der Waals surface area contributed by atoms with E-state index in [9.17, 15) is 9.18 Å². The fourth-order valence-corrected chi connectivity index (χ4v) is 2.78. The second-order valence-electron chi connectivity index (χ2n) is 4.49. The first-order valence-corrected chi connectivity index (χ1v) is 7.24. The Kier molecular flexibility index (Phi) is 4.87. The first-order valence-electron chi connectivity index (χ1n) is 6.36. The van der Waals surface area contributed by atoms with Gasteiger partial charge in [0, 0.05) is 18.0 Å². The predicted molar refractivity (Wildman–Crippen MR) is 77.5 cm³/mol. The van der Waals surface area contributed by atoms with Gasteiger partial charge < -0.3 is 5.11 Å². The van der Waals surface area contributed by atoms with Crippen molar-refractivity contribution in [2.24, 2.45) is 0 Å². The third-order valence-electron chi connectivity index (χ3n) is 3.10. The summed E-state index contributed by atoms with van der Waals surface area (Å²) in [6, 6.07) is 7.98. The summed E-state index contributed by atoms with van der Waals surface area (Å²) in [6.07, 6.45) is 0. The number of hydrogen-bond acceptors (Lipinski definition) is 3. The molecule has 3 nitrogen and oxygen atoms in total. The largest absolute Gasteiger partial charge is 0.478 e. The fourth-order valence-electron chi connectivity index (χ4n) is 2.03. The van der Waals surface area contributed by atoms with Crippen molar-refractivity contribution in [3.63, 3.8) is 0 Å². The third kappa shape index (κ3) is 3.65. The van der Waals surface area contributed by atoms with Crippen LogP contribution in [0.1, 0.15) is 27.7 Å². The summed E-state index contributed by atoms with van der Waals surface area (Å²) >= 11 is 1.67. The molecule has 0 unspecified atom stereocenters. The Labute approximate surface area is 121 Å². The average Bonchev–Trinajstić information content (AvgIpc) is 2.92. The quantitative estimate of drug-likeness (QED) is 0.884. The Balaban J connectivity index is 2.17. The first kappa shape index (κ1) is 14.7. The van der Waals surface area contributed by atoms with E-state index < -0.39 is 11.8 Å². The van der Waals surface area contributed by atoms with E-state index in [1.165, 1.54) is 10.9 Å². The lowest BCUT2D eigenvalue weighted by Crippen LogP contribution is -2.23. The molecule has 20 heavy (non-hydrogen) atoms. The van der Waals surface area contributed by atoms with Crippen molar-refractivity contribution in [3.05, 3.63) is 57.5 Å². The monoisotopic (exact) mass is 293 g/mol. The summed E-state index contributed by atoms with van der Waals surface area (Å²) in [5.41, 5.74) is 0.673. The molecule has 0 atom stereocenters. The van der Waals surface area contributed by atoms with Gasteiger partial charge in [0.25, 0.3) is 0 Å². The lowest BCUT2D eigenvalue weighted by Gasteiger charge is -2.20. The number of benzene rings is 1. The molecule has 0 saturated carbocycles. The van der Waals surface area contributed by atoms with E-state index in [-0.39, 0.29) is 5.56 Å². The van der Waals surface area contributed by atoms with Gasteiger partial charge in [-0.3, -0.25) is 4.90 Å². The molecule has 0 radical (unpaired) electrons. The number of thiophene rings is 1. The second kappa shape index (κ2) is 6.63. The molecule has 0 aliphatic rings. The van der Waals surface area contributed by atoms with Crippen LogP contribution in [0, 0.1) is 5.82 Å². The topological polar surface area (TPSA) is 40.5 Å². The van der Waals surface area contributed by atoms with Crippen LogP contribution in [0.3, 0.4) is 0 Å². The number of hydrogen-bond donors (Lipinski definition) is 1. The molecule has 0 aliphatic carbocycles. The minimum atomic E-state index is -1.09. The van der Waals surface area contributed by atoms with E-state index in [0.717, 1.165) is 19.2 Å². The van der Waals surface area contributed by atoms with Crippen molar-refractivity contribution in [2.45, 2.75) is 20.0 Å². The normalized spacial score (nSPS) is 10.9. The Bertz CT molecular complexity index is 584. The van der Waals surface area contributed by atoms with Crippen molar-refractivity contribution >= 4 is 17.3 Å². The molecular formula is C15H16FNO2S. The van der Waals surface area contributed by atoms with Gasteiger partial charge in [-0.05, 0) is 35.7 Å². The molecule has 2 rings (SSSR count). The van der Waals surface area contributed by atoms with Crippen molar-refractivity contribution in [1.29, 1.82) is 0 Å². The number of aromatic carboxylic acids is 1. The maximum atomic E-state index is 13.2. The molecule has 0 spiro atoms. The second-order valence-corrected chi connectivity index (χ2v) is 5.52. The zero-order valence-electron chi connectivity index (χ0n) is 11.2. The van der Waals surface area contributed by atoms with Crippen LogP contribution in [0.2, 0.25) is 0 Å². The minimum Gasteiger partial charge on any atom is -0.478 e. The van der Waals surface area contributed by atoms with Gasteiger partial charge in [-0.2, -0.15) is 0 Å². The fraction of sp³-hybridized carbons (Fsp3) is 0.267. The summed E-state index contributed by atoms with van der Waals surface area (Å²) in [6.45, 7) is 4.09. The molecule has 0 saturated heterocycles. The number of carboxylic acids is 1. The standard InChI is InChI=1S/C15H16FNO2S/c1-2-17(10-13-4-3-7-20-13)9-11-5-6-12(16)8-14(11)15(18)19/h3-8H,2,9-10H2,1H3,(H,18,19). The molecule has 1 N–H and O–H groups in total. The maximum absolute atomic E-state index is 13.2. The Morgan fingerprint density at radius 2 is 2.15 bits per heavy atom. The van der Waals surface area contributed by atoms with Gasteiger partial charge in [0.15, 0.2) is 0 Å². The Morgan fingerprint density at radius 1 is 1.35 bits per heavy atom. The van der Waals surface area contributed by atoms with Crippen molar-refractivity contribution in [2.75, 3.05) is 6.54 Å². The number of carboxylic acid groups (broad SMARTS) is 1. The molecule has 0 aliphatic heterocycles. The highest BCUT2D eigenvalue weighted by molar-refractivity contribution is 7.09.